The van der Waals surface area contributed by atoms with Crippen LogP contribution in [0, 0.1) is 0 Å². The van der Waals surface area contributed by atoms with Crippen LogP contribution in [0.4, 0.5) is 0 Å². The van der Waals surface area contributed by atoms with Crippen LogP contribution in [-0.4, -0.2) is 29.2 Å². The van der Waals surface area contributed by atoms with E-state index in [1.165, 1.54) is 5.52 Å². The Labute approximate surface area is 121 Å². The van der Waals surface area contributed by atoms with Gasteiger partial charge in [0, 0.05) is 24.6 Å². The van der Waals surface area contributed by atoms with Crippen LogP contribution in [0.5, 0.6) is 5.75 Å². The van der Waals surface area contributed by atoms with E-state index in [9.17, 15) is 0 Å². The largest absolute Gasteiger partial charge is 0.497 e. The van der Waals surface area contributed by atoms with Gasteiger partial charge in [-0.2, -0.15) is 0 Å². The maximum atomic E-state index is 5.29. The first-order valence-electron chi connectivity index (χ1n) is 7.35. The molecule has 1 aromatic carbocycles. The first-order valence-corrected chi connectivity index (χ1v) is 7.35. The number of hydrogen-bond acceptors (Lipinski definition) is 3. The summed E-state index contributed by atoms with van der Waals surface area (Å²) in [5.74, 6) is 1.99. The maximum Gasteiger partial charge on any atom is 0.121 e. The van der Waals surface area contributed by atoms with Gasteiger partial charge >= 0.3 is 0 Å². The van der Waals surface area contributed by atoms with E-state index < -0.39 is 0 Å². The molecule has 1 N–H and O–H groups in total. The second kappa shape index (κ2) is 6.27. The summed E-state index contributed by atoms with van der Waals surface area (Å²) in [6, 6.07) is 6.94. The Morgan fingerprint density at radius 2 is 2.05 bits per heavy atom. The molecule has 2 rings (SSSR count). The third kappa shape index (κ3) is 2.96. The van der Waals surface area contributed by atoms with Gasteiger partial charge in [-0.15, -0.1) is 0 Å². The summed E-state index contributed by atoms with van der Waals surface area (Å²) < 4.78 is 7.61. The van der Waals surface area contributed by atoms with Crippen molar-refractivity contribution >= 4 is 11.0 Å². The smallest absolute Gasteiger partial charge is 0.121 e. The fraction of sp³-hybridized carbons (Fsp3) is 0.562. The van der Waals surface area contributed by atoms with Crippen molar-refractivity contribution in [3.8, 4) is 5.75 Å². The normalized spacial score (nSPS) is 13.1. The monoisotopic (exact) mass is 275 g/mol. The highest BCUT2D eigenvalue weighted by Crippen LogP contribution is 2.25. The summed E-state index contributed by atoms with van der Waals surface area (Å²) in [7, 11) is 1.69. The number of nitrogens with one attached hydrogen (secondary N) is 1. The van der Waals surface area contributed by atoms with Crippen LogP contribution in [-0.2, 0) is 6.42 Å². The van der Waals surface area contributed by atoms with Crippen LogP contribution in [0.25, 0.3) is 11.0 Å². The Hall–Kier alpha value is -1.55. The van der Waals surface area contributed by atoms with Gasteiger partial charge in [0.1, 0.15) is 11.6 Å². The molecule has 0 saturated carbocycles. The van der Waals surface area contributed by atoms with E-state index in [0.717, 1.165) is 30.1 Å². The fourth-order valence-electron chi connectivity index (χ4n) is 2.67. The fourth-order valence-corrected chi connectivity index (χ4v) is 2.67. The molecule has 4 heteroatoms. The van der Waals surface area contributed by atoms with Crippen LogP contribution >= 0.6 is 0 Å². The highest BCUT2D eigenvalue weighted by Gasteiger charge is 2.15. The molecule has 0 aliphatic rings. The number of aromatic nitrogens is 2. The van der Waals surface area contributed by atoms with Crippen molar-refractivity contribution < 1.29 is 4.74 Å². The van der Waals surface area contributed by atoms with Gasteiger partial charge in [-0.25, -0.2) is 4.98 Å². The predicted molar refractivity (Wildman–Crippen MR) is 83.5 cm³/mol. The zero-order valence-electron chi connectivity index (χ0n) is 13.1. The average Bonchev–Trinajstić information content (AvgIpc) is 2.75. The lowest BCUT2D eigenvalue weighted by molar-refractivity contribution is 0.415. The van der Waals surface area contributed by atoms with E-state index in [4.69, 9.17) is 9.72 Å². The number of rotatable bonds is 6. The molecule has 0 spiro atoms. The van der Waals surface area contributed by atoms with E-state index in [1.807, 2.05) is 12.1 Å². The summed E-state index contributed by atoms with van der Waals surface area (Å²) in [5, 5.41) is 3.45. The van der Waals surface area contributed by atoms with Gasteiger partial charge in [-0.3, -0.25) is 0 Å². The molecule has 1 atom stereocenters. The minimum atomic E-state index is 0.400. The molecule has 1 aromatic heterocycles. The van der Waals surface area contributed by atoms with E-state index in [0.29, 0.717) is 12.1 Å². The predicted octanol–water partition coefficient (Wildman–Crippen LogP) is 3.17. The van der Waals surface area contributed by atoms with Crippen LogP contribution < -0.4 is 10.1 Å². The third-order valence-corrected chi connectivity index (χ3v) is 3.53. The maximum absolute atomic E-state index is 5.29. The molecule has 0 bridgehead atoms. The van der Waals surface area contributed by atoms with E-state index in [-0.39, 0.29) is 0 Å². The number of fused-ring (bicyclic) bond motifs is 1. The molecule has 20 heavy (non-hydrogen) atoms. The minimum absolute atomic E-state index is 0.400. The quantitative estimate of drug-likeness (QED) is 0.880. The third-order valence-electron chi connectivity index (χ3n) is 3.53. The lowest BCUT2D eigenvalue weighted by Crippen LogP contribution is -2.29. The van der Waals surface area contributed by atoms with Crippen molar-refractivity contribution in [2.45, 2.75) is 46.2 Å². The zero-order chi connectivity index (χ0) is 14.7. The van der Waals surface area contributed by atoms with E-state index >= 15 is 0 Å². The molecule has 1 heterocycles. The number of imidazole rings is 1. The van der Waals surface area contributed by atoms with Crippen molar-refractivity contribution in [2.75, 3.05) is 13.7 Å². The molecule has 2 aromatic rings. The molecule has 1 unspecified atom stereocenters. The molecule has 0 saturated heterocycles. The molecule has 0 fully saturated rings. The van der Waals surface area contributed by atoms with Crippen molar-refractivity contribution in [1.29, 1.82) is 0 Å². The number of methoxy groups -OCH3 is 1. The van der Waals surface area contributed by atoms with Crippen molar-refractivity contribution in [3.63, 3.8) is 0 Å². The average molecular weight is 275 g/mol. The molecule has 4 nitrogen and oxygen atoms in total. The van der Waals surface area contributed by atoms with Gasteiger partial charge in [0.05, 0.1) is 18.1 Å². The minimum Gasteiger partial charge on any atom is -0.497 e. The molecular weight excluding hydrogens is 250 g/mol. The molecule has 0 amide bonds. The zero-order valence-corrected chi connectivity index (χ0v) is 13.1. The van der Waals surface area contributed by atoms with Crippen LogP contribution in [0.3, 0.4) is 0 Å². The lowest BCUT2D eigenvalue weighted by Gasteiger charge is -2.16. The summed E-state index contributed by atoms with van der Waals surface area (Å²) >= 11 is 0. The van der Waals surface area contributed by atoms with E-state index in [1.54, 1.807) is 7.11 Å². The van der Waals surface area contributed by atoms with E-state index in [2.05, 4.69) is 43.6 Å². The van der Waals surface area contributed by atoms with Crippen LogP contribution in [0.1, 0.15) is 39.6 Å². The van der Waals surface area contributed by atoms with Gasteiger partial charge in [-0.1, -0.05) is 6.92 Å². The molecule has 0 aliphatic carbocycles. The number of likely N-dealkylation sites (N-methyl/N-ethyl adjacent to an activating group) is 1. The molecular formula is C16H25N3O. The van der Waals surface area contributed by atoms with Crippen LogP contribution in [0.15, 0.2) is 18.2 Å². The number of hydrogen-bond donors (Lipinski definition) is 1. The Morgan fingerprint density at radius 1 is 1.30 bits per heavy atom. The topological polar surface area (TPSA) is 39.1 Å². The van der Waals surface area contributed by atoms with Crippen molar-refractivity contribution in [2.24, 2.45) is 0 Å². The summed E-state index contributed by atoms with van der Waals surface area (Å²) in [6.45, 7) is 9.72. The molecule has 0 radical (unpaired) electrons. The summed E-state index contributed by atoms with van der Waals surface area (Å²) in [5.41, 5.74) is 2.19. The summed E-state index contributed by atoms with van der Waals surface area (Å²) in [4.78, 5) is 4.81. The number of benzene rings is 1. The molecule has 110 valence electrons. The highest BCUT2D eigenvalue weighted by atomic mass is 16.5. The lowest BCUT2D eigenvalue weighted by atomic mass is 10.2. The first-order chi connectivity index (χ1) is 9.56. The van der Waals surface area contributed by atoms with Gasteiger partial charge in [0.2, 0.25) is 0 Å². The molecule has 0 aliphatic heterocycles. The SMILES string of the molecule is CCNC(C)Cc1nc2cc(OC)ccc2n1C(C)C. The Bertz CT molecular complexity index is 574. The summed E-state index contributed by atoms with van der Waals surface area (Å²) in [6.07, 6.45) is 0.934. The number of nitrogens with zero attached hydrogens (tertiary/aromatic N) is 2. The Morgan fingerprint density at radius 3 is 2.65 bits per heavy atom. The number of ether oxygens (including phenoxy) is 1. The standard InChI is InChI=1S/C16H25N3O/c1-6-17-12(4)9-16-18-14-10-13(20-5)7-8-15(14)19(16)11(2)3/h7-8,10-12,17H,6,9H2,1-5H3. The second-order valence-corrected chi connectivity index (χ2v) is 5.51. The first kappa shape index (κ1) is 14.9. The Balaban J connectivity index is 2.44. The highest BCUT2D eigenvalue weighted by molar-refractivity contribution is 5.78. The van der Waals surface area contributed by atoms with Crippen molar-refractivity contribution in [3.05, 3.63) is 24.0 Å². The van der Waals surface area contributed by atoms with Crippen LogP contribution in [0.2, 0.25) is 0 Å². The van der Waals surface area contributed by atoms with Gasteiger partial charge in [0.15, 0.2) is 0 Å². The van der Waals surface area contributed by atoms with Crippen molar-refractivity contribution in [1.82, 2.24) is 14.9 Å². The van der Waals surface area contributed by atoms with Gasteiger partial charge in [0.25, 0.3) is 0 Å². The Kier molecular flexibility index (Phi) is 4.65. The second-order valence-electron chi connectivity index (χ2n) is 5.51. The van der Waals surface area contributed by atoms with Gasteiger partial charge in [-0.05, 0) is 39.4 Å². The van der Waals surface area contributed by atoms with Gasteiger partial charge < -0.3 is 14.6 Å².